The van der Waals surface area contributed by atoms with Crippen molar-refractivity contribution in [2.24, 2.45) is 5.92 Å². The first kappa shape index (κ1) is 9.83. The van der Waals surface area contributed by atoms with Gasteiger partial charge in [0.25, 0.3) is 0 Å². The molecule has 0 spiro atoms. The first-order chi connectivity index (χ1) is 7.33. The molecule has 2 saturated carbocycles. The van der Waals surface area contributed by atoms with Crippen molar-refractivity contribution >= 4 is 11.3 Å². The lowest BCUT2D eigenvalue weighted by Crippen LogP contribution is -2.11. The summed E-state index contributed by atoms with van der Waals surface area (Å²) in [4.78, 5) is 4.85. The van der Waals surface area contributed by atoms with Crippen LogP contribution in [0.2, 0.25) is 0 Å². The Kier molecular flexibility index (Phi) is 2.55. The SMILES string of the molecule is CC1CCCC(c2nc(C3CC3)cs2)C1. The van der Waals surface area contributed by atoms with Crippen molar-refractivity contribution in [3.8, 4) is 0 Å². The molecule has 1 aromatic rings. The molecule has 2 unspecified atom stereocenters. The van der Waals surface area contributed by atoms with E-state index in [1.54, 1.807) is 0 Å². The molecule has 1 aromatic heterocycles. The van der Waals surface area contributed by atoms with E-state index in [4.69, 9.17) is 4.98 Å². The second-order valence-electron chi connectivity index (χ2n) is 5.35. The lowest BCUT2D eigenvalue weighted by molar-refractivity contribution is 0.343. The second kappa shape index (κ2) is 3.89. The third kappa shape index (κ3) is 2.10. The van der Waals surface area contributed by atoms with Gasteiger partial charge in [0.15, 0.2) is 0 Å². The largest absolute Gasteiger partial charge is 0.246 e. The van der Waals surface area contributed by atoms with Crippen LogP contribution in [-0.4, -0.2) is 4.98 Å². The number of hydrogen-bond donors (Lipinski definition) is 0. The quantitative estimate of drug-likeness (QED) is 0.725. The van der Waals surface area contributed by atoms with Gasteiger partial charge in [-0.2, -0.15) is 0 Å². The highest BCUT2D eigenvalue weighted by Gasteiger charge is 2.28. The molecule has 2 fully saturated rings. The van der Waals surface area contributed by atoms with Gasteiger partial charge in [-0.1, -0.05) is 19.8 Å². The number of nitrogens with zero attached hydrogens (tertiary/aromatic N) is 1. The summed E-state index contributed by atoms with van der Waals surface area (Å²) in [5.74, 6) is 2.53. The van der Waals surface area contributed by atoms with Crippen molar-refractivity contribution in [2.45, 2.75) is 57.3 Å². The molecule has 0 bridgehead atoms. The molecule has 0 radical (unpaired) electrons. The lowest BCUT2D eigenvalue weighted by Gasteiger charge is -2.24. The molecule has 2 atom stereocenters. The van der Waals surface area contributed by atoms with Gasteiger partial charge in [0.1, 0.15) is 0 Å². The van der Waals surface area contributed by atoms with Crippen molar-refractivity contribution in [1.82, 2.24) is 4.98 Å². The van der Waals surface area contributed by atoms with Gasteiger partial charge in [0.05, 0.1) is 10.7 Å². The van der Waals surface area contributed by atoms with E-state index in [1.165, 1.54) is 49.2 Å². The highest BCUT2D eigenvalue weighted by atomic mass is 32.1. The van der Waals surface area contributed by atoms with Crippen molar-refractivity contribution in [1.29, 1.82) is 0 Å². The van der Waals surface area contributed by atoms with Gasteiger partial charge in [-0.25, -0.2) is 4.98 Å². The Morgan fingerprint density at radius 3 is 2.80 bits per heavy atom. The zero-order valence-corrected chi connectivity index (χ0v) is 10.2. The maximum Gasteiger partial charge on any atom is 0.0959 e. The van der Waals surface area contributed by atoms with Crippen LogP contribution in [0.1, 0.15) is 68.0 Å². The fourth-order valence-corrected chi connectivity index (χ4v) is 3.76. The van der Waals surface area contributed by atoms with Crippen molar-refractivity contribution in [3.63, 3.8) is 0 Å². The van der Waals surface area contributed by atoms with Crippen LogP contribution in [0.25, 0.3) is 0 Å². The third-order valence-corrected chi connectivity index (χ3v) is 4.85. The smallest absolute Gasteiger partial charge is 0.0959 e. The third-order valence-electron chi connectivity index (χ3n) is 3.82. The van der Waals surface area contributed by atoms with Gasteiger partial charge >= 0.3 is 0 Å². The van der Waals surface area contributed by atoms with E-state index < -0.39 is 0 Å². The average molecular weight is 221 g/mol. The van der Waals surface area contributed by atoms with Crippen LogP contribution in [0.3, 0.4) is 0 Å². The standard InChI is InChI=1S/C13H19NS/c1-9-3-2-4-11(7-9)13-14-12(8-15-13)10-5-6-10/h8-11H,2-7H2,1H3. The summed E-state index contributed by atoms with van der Waals surface area (Å²) in [6, 6.07) is 0. The number of aromatic nitrogens is 1. The number of rotatable bonds is 2. The molecule has 0 aromatic carbocycles. The Balaban J connectivity index is 1.73. The Bertz CT molecular complexity index is 340. The molecule has 1 nitrogen and oxygen atoms in total. The van der Waals surface area contributed by atoms with Crippen LogP contribution in [0.5, 0.6) is 0 Å². The predicted octanol–water partition coefficient (Wildman–Crippen LogP) is 4.31. The maximum absolute atomic E-state index is 4.85. The molecule has 0 saturated heterocycles. The first-order valence-electron chi connectivity index (χ1n) is 6.28. The van der Waals surface area contributed by atoms with Crippen LogP contribution >= 0.6 is 11.3 Å². The van der Waals surface area contributed by atoms with Gasteiger partial charge < -0.3 is 0 Å². The van der Waals surface area contributed by atoms with Crippen molar-refractivity contribution in [3.05, 3.63) is 16.1 Å². The first-order valence-corrected chi connectivity index (χ1v) is 7.16. The Morgan fingerprint density at radius 2 is 2.07 bits per heavy atom. The normalized spacial score (nSPS) is 31.8. The van der Waals surface area contributed by atoms with Crippen LogP contribution in [0.4, 0.5) is 0 Å². The van der Waals surface area contributed by atoms with E-state index in [0.717, 1.165) is 17.8 Å². The Morgan fingerprint density at radius 1 is 1.20 bits per heavy atom. The van der Waals surface area contributed by atoms with Crippen molar-refractivity contribution in [2.75, 3.05) is 0 Å². The molecule has 2 aliphatic carbocycles. The van der Waals surface area contributed by atoms with Crippen LogP contribution in [0, 0.1) is 5.92 Å². The van der Waals surface area contributed by atoms with Crippen LogP contribution in [-0.2, 0) is 0 Å². The fourth-order valence-electron chi connectivity index (χ4n) is 2.71. The summed E-state index contributed by atoms with van der Waals surface area (Å²) in [6.45, 7) is 2.39. The molecular formula is C13H19NS. The van der Waals surface area contributed by atoms with Crippen LogP contribution in [0.15, 0.2) is 5.38 Å². The summed E-state index contributed by atoms with van der Waals surface area (Å²) in [7, 11) is 0. The minimum Gasteiger partial charge on any atom is -0.246 e. The molecular weight excluding hydrogens is 202 g/mol. The van der Waals surface area contributed by atoms with E-state index in [-0.39, 0.29) is 0 Å². The Hall–Kier alpha value is -0.370. The van der Waals surface area contributed by atoms with E-state index >= 15 is 0 Å². The topological polar surface area (TPSA) is 12.9 Å². The van der Waals surface area contributed by atoms with E-state index in [2.05, 4.69) is 12.3 Å². The summed E-state index contributed by atoms with van der Waals surface area (Å²) >= 11 is 1.92. The highest BCUT2D eigenvalue weighted by Crippen LogP contribution is 2.43. The lowest BCUT2D eigenvalue weighted by atomic mass is 9.83. The molecule has 2 aliphatic rings. The number of hydrogen-bond acceptors (Lipinski definition) is 2. The van der Waals surface area contributed by atoms with Gasteiger partial charge in [0.2, 0.25) is 0 Å². The molecule has 15 heavy (non-hydrogen) atoms. The van der Waals surface area contributed by atoms with Crippen molar-refractivity contribution < 1.29 is 0 Å². The minimum absolute atomic E-state index is 0.784. The molecule has 0 aliphatic heterocycles. The summed E-state index contributed by atoms with van der Waals surface area (Å²) < 4.78 is 0. The summed E-state index contributed by atoms with van der Waals surface area (Å²) in [5, 5.41) is 3.75. The zero-order valence-electron chi connectivity index (χ0n) is 9.41. The maximum atomic E-state index is 4.85. The summed E-state index contributed by atoms with van der Waals surface area (Å²) in [6.07, 6.45) is 8.34. The molecule has 2 heteroatoms. The van der Waals surface area contributed by atoms with Gasteiger partial charge in [-0.3, -0.25) is 0 Å². The molecule has 3 rings (SSSR count). The average Bonchev–Trinajstić information content (AvgIpc) is 2.97. The highest BCUT2D eigenvalue weighted by molar-refractivity contribution is 7.09. The molecule has 82 valence electrons. The molecule has 0 N–H and O–H groups in total. The molecule has 1 heterocycles. The van der Waals surface area contributed by atoms with E-state index in [1.807, 2.05) is 11.3 Å². The van der Waals surface area contributed by atoms with Crippen LogP contribution < -0.4 is 0 Å². The fraction of sp³-hybridized carbons (Fsp3) is 0.769. The van der Waals surface area contributed by atoms with Gasteiger partial charge in [-0.15, -0.1) is 11.3 Å². The van der Waals surface area contributed by atoms with E-state index in [0.29, 0.717) is 0 Å². The predicted molar refractivity (Wildman–Crippen MR) is 64.5 cm³/mol. The zero-order chi connectivity index (χ0) is 10.3. The second-order valence-corrected chi connectivity index (χ2v) is 6.24. The molecule has 0 amide bonds. The number of thiazole rings is 1. The van der Waals surface area contributed by atoms with Gasteiger partial charge in [-0.05, 0) is 31.6 Å². The minimum atomic E-state index is 0.784. The Labute approximate surface area is 95.9 Å². The van der Waals surface area contributed by atoms with E-state index in [9.17, 15) is 0 Å². The van der Waals surface area contributed by atoms with Gasteiger partial charge in [0, 0.05) is 17.2 Å². The summed E-state index contributed by atoms with van der Waals surface area (Å²) in [5.41, 5.74) is 1.40. The monoisotopic (exact) mass is 221 g/mol.